The van der Waals surface area contributed by atoms with Gasteiger partial charge in [-0.25, -0.2) is 0 Å². The average molecular weight is 925 g/mol. The minimum absolute atomic E-state index is 1.15. The van der Waals surface area contributed by atoms with Gasteiger partial charge in [0.25, 0.3) is 0 Å². The smallest absolute Gasteiger partial charge is 0.179 e. The van der Waals surface area contributed by atoms with E-state index in [2.05, 4.69) is 276 Å². The zero-order chi connectivity index (χ0) is 46.2. The summed E-state index contributed by atoms with van der Waals surface area (Å²) in [4.78, 5) is 0. The lowest BCUT2D eigenvalue weighted by atomic mass is 10.0. The van der Waals surface area contributed by atoms with Crippen LogP contribution in [0.25, 0.3) is 97.4 Å². The minimum atomic E-state index is -3.07. The summed E-state index contributed by atoms with van der Waals surface area (Å²) >= 11 is 1.89. The Bertz CT molecular complexity index is 4230. The van der Waals surface area contributed by atoms with Gasteiger partial charge in [-0.05, 0) is 110 Å². The Balaban J connectivity index is 1.01. The van der Waals surface area contributed by atoms with E-state index >= 15 is 0 Å². The molecular weight excluding hydrogens is 881 g/mol. The summed E-state index contributed by atoms with van der Waals surface area (Å²) in [7, 11) is -3.07. The highest BCUT2D eigenvalue weighted by atomic mass is 32.1. The first kappa shape index (κ1) is 40.5. The van der Waals surface area contributed by atoms with Gasteiger partial charge in [0.2, 0.25) is 0 Å². The molecule has 1 unspecified atom stereocenters. The van der Waals surface area contributed by atoms with Crippen molar-refractivity contribution in [3.8, 4) is 33.6 Å². The number of nitrogens with zero attached hydrogens (tertiary/aromatic N) is 2. The van der Waals surface area contributed by atoms with Crippen molar-refractivity contribution in [2.45, 2.75) is 0 Å². The van der Waals surface area contributed by atoms with Gasteiger partial charge in [-0.1, -0.05) is 200 Å². The van der Waals surface area contributed by atoms with E-state index in [1.165, 1.54) is 107 Å². The van der Waals surface area contributed by atoms with E-state index < -0.39 is 8.07 Å². The number of para-hydroxylation sites is 3. The molecule has 14 rings (SSSR count). The van der Waals surface area contributed by atoms with Crippen molar-refractivity contribution >= 4 is 104 Å². The molecule has 3 heterocycles. The second kappa shape index (κ2) is 16.3. The molecule has 0 bridgehead atoms. The van der Waals surface area contributed by atoms with Crippen LogP contribution in [0.2, 0.25) is 0 Å². The van der Waals surface area contributed by atoms with E-state index in [1.54, 1.807) is 0 Å². The minimum Gasteiger partial charge on any atom is -0.309 e. The third-order valence-electron chi connectivity index (χ3n) is 14.7. The Hall–Kier alpha value is -8.54. The quantitative estimate of drug-likeness (QED) is 0.106. The molecule has 0 aliphatic rings. The van der Waals surface area contributed by atoms with Gasteiger partial charge >= 0.3 is 0 Å². The van der Waals surface area contributed by atoms with Crippen molar-refractivity contribution in [2.24, 2.45) is 0 Å². The van der Waals surface area contributed by atoms with Crippen molar-refractivity contribution in [2.75, 3.05) is 0 Å². The number of hydrogen-bond acceptors (Lipinski definition) is 1. The molecule has 0 amide bonds. The summed E-state index contributed by atoms with van der Waals surface area (Å²) < 4.78 is 7.53. The maximum atomic E-state index is 2.55. The van der Waals surface area contributed by atoms with Crippen LogP contribution in [0.3, 0.4) is 0 Å². The second-order valence-electron chi connectivity index (χ2n) is 18.4. The summed E-state index contributed by atoms with van der Waals surface area (Å²) in [5.74, 6) is 0. The number of fused-ring (bicyclic) bond motifs is 9. The number of rotatable bonds is 8. The van der Waals surface area contributed by atoms with Crippen LogP contribution in [-0.2, 0) is 0 Å². The van der Waals surface area contributed by atoms with Gasteiger partial charge in [-0.15, -0.1) is 11.3 Å². The first-order valence-corrected chi connectivity index (χ1v) is 26.9. The Labute approximate surface area is 411 Å². The van der Waals surface area contributed by atoms with Crippen LogP contribution in [0, 0.1) is 0 Å². The van der Waals surface area contributed by atoms with Gasteiger partial charge in [0, 0.05) is 53.1 Å². The molecule has 1 atom stereocenters. The molecule has 0 radical (unpaired) electrons. The van der Waals surface area contributed by atoms with Gasteiger partial charge in [0.15, 0.2) is 8.07 Å². The first-order chi connectivity index (χ1) is 34.7. The van der Waals surface area contributed by atoms with E-state index in [-0.39, 0.29) is 0 Å². The lowest BCUT2D eigenvalue weighted by molar-refractivity contribution is 1.17. The predicted octanol–water partition coefficient (Wildman–Crippen LogP) is 15.0. The molecule has 4 heteroatoms. The first-order valence-electron chi connectivity index (χ1n) is 24.1. The third kappa shape index (κ3) is 6.31. The highest BCUT2D eigenvalue weighted by Crippen LogP contribution is 2.39. The van der Waals surface area contributed by atoms with Crippen LogP contribution in [0.5, 0.6) is 0 Å². The van der Waals surface area contributed by atoms with Gasteiger partial charge in [-0.2, -0.15) is 0 Å². The summed E-state index contributed by atoms with van der Waals surface area (Å²) in [5.41, 5.74) is 12.0. The lowest BCUT2D eigenvalue weighted by Crippen LogP contribution is -2.74. The molecule has 0 N–H and O–H groups in total. The van der Waals surface area contributed by atoms with Crippen molar-refractivity contribution < 1.29 is 0 Å². The van der Waals surface area contributed by atoms with Crippen molar-refractivity contribution in [1.29, 1.82) is 0 Å². The van der Waals surface area contributed by atoms with Crippen molar-refractivity contribution in [1.82, 2.24) is 9.13 Å². The Morgan fingerprint density at radius 2 is 0.671 bits per heavy atom. The molecule has 70 heavy (non-hydrogen) atoms. The fourth-order valence-electron chi connectivity index (χ4n) is 11.5. The van der Waals surface area contributed by atoms with Gasteiger partial charge in [0.1, 0.15) is 0 Å². The van der Waals surface area contributed by atoms with E-state index in [1.807, 2.05) is 11.3 Å². The molecule has 0 aliphatic heterocycles. The third-order valence-corrected chi connectivity index (χ3v) is 20.6. The molecular formula is C66H44N2SSi. The summed E-state index contributed by atoms with van der Waals surface area (Å²) in [6, 6.07) is 99.8. The zero-order valence-corrected chi connectivity index (χ0v) is 40.0. The average Bonchev–Trinajstić information content (AvgIpc) is 4.09. The van der Waals surface area contributed by atoms with E-state index in [0.29, 0.717) is 0 Å². The van der Waals surface area contributed by atoms with Crippen molar-refractivity contribution in [3.05, 3.63) is 267 Å². The normalized spacial score (nSPS) is 12.7. The largest absolute Gasteiger partial charge is 0.309 e. The maximum Gasteiger partial charge on any atom is 0.179 e. The van der Waals surface area contributed by atoms with Crippen LogP contribution in [0.1, 0.15) is 0 Å². The van der Waals surface area contributed by atoms with E-state index in [4.69, 9.17) is 0 Å². The van der Waals surface area contributed by atoms with Crippen LogP contribution in [-0.4, -0.2) is 17.2 Å². The summed E-state index contributed by atoms with van der Waals surface area (Å²) in [5, 5.41) is 13.0. The summed E-state index contributed by atoms with van der Waals surface area (Å²) in [6.45, 7) is 0. The molecule has 11 aromatic carbocycles. The van der Waals surface area contributed by atoms with Gasteiger partial charge in [0.05, 0.1) is 22.1 Å². The maximum absolute atomic E-state index is 3.07. The number of aromatic nitrogens is 2. The number of benzene rings is 11. The molecule has 0 saturated heterocycles. The van der Waals surface area contributed by atoms with Crippen LogP contribution in [0.4, 0.5) is 0 Å². The van der Waals surface area contributed by atoms with Crippen molar-refractivity contribution in [3.63, 3.8) is 0 Å². The molecule has 14 aromatic rings. The van der Waals surface area contributed by atoms with Crippen LogP contribution < -0.4 is 20.7 Å². The highest BCUT2D eigenvalue weighted by molar-refractivity contribution is 7.26. The molecule has 328 valence electrons. The Morgan fingerprint density at radius 3 is 1.31 bits per heavy atom. The molecule has 0 saturated carbocycles. The Kier molecular flexibility index (Phi) is 9.44. The fourth-order valence-corrected chi connectivity index (χ4v) is 17.3. The topological polar surface area (TPSA) is 9.86 Å². The number of hydrogen-bond donors (Lipinski definition) is 0. The van der Waals surface area contributed by atoms with E-state index in [9.17, 15) is 0 Å². The van der Waals surface area contributed by atoms with Gasteiger partial charge < -0.3 is 9.13 Å². The zero-order valence-electron chi connectivity index (χ0n) is 38.2. The molecule has 0 aliphatic carbocycles. The molecule has 3 aromatic heterocycles. The van der Waals surface area contributed by atoms with E-state index in [0.717, 1.165) is 11.4 Å². The second-order valence-corrected chi connectivity index (χ2v) is 23.3. The Morgan fingerprint density at radius 1 is 0.243 bits per heavy atom. The SMILES string of the molecule is c1ccc(-c2ccc([Si](c3ccccc3)(c3cccc(-n4c5ccccc5c5cc(-n6c7ccccc7c7ccccc76)ccc54)c3)c3ccc4sc5ccc(-c6ccccc6)cc5c4c3)cc2)cc1. The summed E-state index contributed by atoms with van der Waals surface area (Å²) in [6.07, 6.45) is 0. The monoisotopic (exact) mass is 924 g/mol. The fraction of sp³-hybridized carbons (Fsp3) is 0. The lowest BCUT2D eigenvalue weighted by Gasteiger charge is -2.35. The molecule has 2 nitrogen and oxygen atoms in total. The molecule has 0 spiro atoms. The standard InChI is InChI=1S/C66H44N2SSi/c1-4-17-45(18-5-1)47-31-35-52(36-32-47)70(51-22-8-3-9-23-51,54-37-40-66-60(44-54)59-41-48(33-39-65(59)69-66)46-19-6-2-7-20-46)53-24-16-21-49(42-53)67-63-30-15-12-27-57(63)58-43-50(34-38-64(58)67)68-61-28-13-10-25-55(61)56-26-11-14-29-62(56)68/h1-44H. The molecule has 0 fully saturated rings. The van der Waals surface area contributed by atoms with Gasteiger partial charge in [-0.3, -0.25) is 0 Å². The van der Waals surface area contributed by atoms with Crippen LogP contribution >= 0.6 is 11.3 Å². The highest BCUT2D eigenvalue weighted by Gasteiger charge is 2.42. The number of thiophene rings is 1. The predicted molar refractivity (Wildman–Crippen MR) is 302 cm³/mol. The van der Waals surface area contributed by atoms with Crippen LogP contribution in [0.15, 0.2) is 267 Å².